The molecule has 0 spiro atoms. The second-order valence-electron chi connectivity index (χ2n) is 5.80. The number of hydrogen-bond acceptors (Lipinski definition) is 4. The van der Waals surface area contributed by atoms with Gasteiger partial charge in [-0.1, -0.05) is 20.8 Å². The van der Waals surface area contributed by atoms with E-state index < -0.39 is 5.60 Å². The van der Waals surface area contributed by atoms with E-state index in [2.05, 4.69) is 31.1 Å². The number of nitrogens with zero attached hydrogens (tertiary/aromatic N) is 1. The third kappa shape index (κ3) is 4.60. The maximum Gasteiger partial charge on any atom is 0.0981 e. The second-order valence-corrected chi connectivity index (χ2v) is 6.91. The molecule has 0 atom stereocenters. The number of aromatic nitrogens is 1. The third-order valence-corrected chi connectivity index (χ3v) is 3.48. The van der Waals surface area contributed by atoms with Gasteiger partial charge in [-0.3, -0.25) is 0 Å². The molecule has 0 unspecified atom stereocenters. The highest BCUT2D eigenvalue weighted by Gasteiger charge is 2.18. The fraction of sp³-hybridized carbons (Fsp3) is 0.750. The molecule has 1 rings (SSSR count). The Bertz CT molecular complexity index is 334. The average molecular weight is 242 g/mol. The van der Waals surface area contributed by atoms with Crippen LogP contribution in [0.1, 0.15) is 44.5 Å². The highest BCUT2D eigenvalue weighted by Crippen LogP contribution is 2.26. The van der Waals surface area contributed by atoms with Crippen LogP contribution >= 0.6 is 11.3 Å². The van der Waals surface area contributed by atoms with Gasteiger partial charge in [0.15, 0.2) is 0 Å². The van der Waals surface area contributed by atoms with Crippen molar-refractivity contribution in [1.29, 1.82) is 0 Å². The Morgan fingerprint density at radius 1 is 1.31 bits per heavy atom. The smallest absolute Gasteiger partial charge is 0.0981 e. The first-order chi connectivity index (χ1) is 7.18. The molecule has 0 fully saturated rings. The predicted molar refractivity (Wildman–Crippen MR) is 68.8 cm³/mol. The highest BCUT2D eigenvalue weighted by molar-refractivity contribution is 7.11. The van der Waals surface area contributed by atoms with E-state index in [0.29, 0.717) is 6.54 Å². The summed E-state index contributed by atoms with van der Waals surface area (Å²) >= 11 is 1.74. The van der Waals surface area contributed by atoms with Gasteiger partial charge >= 0.3 is 0 Å². The van der Waals surface area contributed by atoms with E-state index in [1.54, 1.807) is 25.2 Å². The lowest BCUT2D eigenvalue weighted by molar-refractivity contribution is 0.0796. The van der Waals surface area contributed by atoms with Gasteiger partial charge in [-0.15, -0.1) is 11.3 Å². The van der Waals surface area contributed by atoms with Crippen LogP contribution in [0.3, 0.4) is 0 Å². The summed E-state index contributed by atoms with van der Waals surface area (Å²) in [4.78, 5) is 5.64. The Hall–Kier alpha value is -0.450. The topological polar surface area (TPSA) is 45.1 Å². The molecule has 0 bridgehead atoms. The van der Waals surface area contributed by atoms with Crippen LogP contribution in [0.4, 0.5) is 0 Å². The lowest BCUT2D eigenvalue weighted by Crippen LogP contribution is -2.34. The van der Waals surface area contributed by atoms with Crippen LogP contribution < -0.4 is 5.32 Å². The summed E-state index contributed by atoms with van der Waals surface area (Å²) in [6.07, 6.45) is 1.92. The van der Waals surface area contributed by atoms with Crippen molar-refractivity contribution >= 4 is 11.3 Å². The largest absolute Gasteiger partial charge is 0.389 e. The van der Waals surface area contributed by atoms with E-state index in [4.69, 9.17) is 0 Å². The molecule has 2 N–H and O–H groups in total. The fourth-order valence-corrected chi connectivity index (χ4v) is 2.17. The lowest BCUT2D eigenvalue weighted by atomic mass is 9.98. The van der Waals surface area contributed by atoms with Gasteiger partial charge in [-0.25, -0.2) is 4.98 Å². The Labute approximate surface area is 102 Å². The zero-order chi connectivity index (χ0) is 12.4. The van der Waals surface area contributed by atoms with Crippen LogP contribution in [0.15, 0.2) is 6.20 Å². The standard InChI is InChI=1S/C12H22N2OS/c1-11(2,3)10-14-7-9(16-10)6-13-8-12(4,5)15/h7,13,15H,6,8H2,1-5H3. The maximum absolute atomic E-state index is 9.56. The van der Waals surface area contributed by atoms with Crippen molar-refractivity contribution in [3.8, 4) is 0 Å². The molecule has 0 aromatic carbocycles. The minimum Gasteiger partial charge on any atom is -0.389 e. The molecule has 0 saturated heterocycles. The number of nitrogens with one attached hydrogen (secondary N) is 1. The van der Waals surface area contributed by atoms with Gasteiger partial charge in [-0.05, 0) is 13.8 Å². The van der Waals surface area contributed by atoms with Crippen molar-refractivity contribution in [1.82, 2.24) is 10.3 Å². The molecule has 3 nitrogen and oxygen atoms in total. The van der Waals surface area contributed by atoms with Gasteiger partial charge < -0.3 is 10.4 Å². The number of rotatable bonds is 4. The molecule has 1 heterocycles. The molecular weight excluding hydrogens is 220 g/mol. The van der Waals surface area contributed by atoms with Gasteiger partial charge in [-0.2, -0.15) is 0 Å². The van der Waals surface area contributed by atoms with E-state index in [-0.39, 0.29) is 5.41 Å². The van der Waals surface area contributed by atoms with Gasteiger partial charge in [0.2, 0.25) is 0 Å². The van der Waals surface area contributed by atoms with E-state index in [1.807, 2.05) is 6.20 Å². The van der Waals surface area contributed by atoms with E-state index in [1.165, 1.54) is 4.88 Å². The molecule has 1 aromatic rings. The molecule has 92 valence electrons. The monoisotopic (exact) mass is 242 g/mol. The Morgan fingerprint density at radius 3 is 2.38 bits per heavy atom. The molecule has 16 heavy (non-hydrogen) atoms. The van der Waals surface area contributed by atoms with Crippen molar-refractivity contribution in [2.24, 2.45) is 0 Å². The predicted octanol–water partition coefficient (Wildman–Crippen LogP) is 2.30. The molecule has 0 aliphatic carbocycles. The lowest BCUT2D eigenvalue weighted by Gasteiger charge is -2.17. The van der Waals surface area contributed by atoms with Crippen LogP contribution in [0.25, 0.3) is 0 Å². The fourth-order valence-electron chi connectivity index (χ4n) is 1.23. The van der Waals surface area contributed by atoms with Gasteiger partial charge in [0.05, 0.1) is 10.6 Å². The molecule has 4 heteroatoms. The Morgan fingerprint density at radius 2 is 1.94 bits per heavy atom. The molecule has 0 aliphatic rings. The molecule has 0 saturated carbocycles. The Kier molecular flexibility index (Phi) is 4.10. The zero-order valence-electron chi connectivity index (χ0n) is 10.8. The third-order valence-electron chi connectivity index (χ3n) is 2.05. The minimum absolute atomic E-state index is 0.124. The molecule has 1 aromatic heterocycles. The first kappa shape index (κ1) is 13.6. The van der Waals surface area contributed by atoms with Crippen LogP contribution in [0, 0.1) is 0 Å². The summed E-state index contributed by atoms with van der Waals surface area (Å²) in [6, 6.07) is 0. The van der Waals surface area contributed by atoms with Crippen LogP contribution in [0.2, 0.25) is 0 Å². The highest BCUT2D eigenvalue weighted by atomic mass is 32.1. The average Bonchev–Trinajstić information content (AvgIpc) is 2.49. The van der Waals surface area contributed by atoms with Gasteiger partial charge in [0, 0.05) is 29.6 Å². The van der Waals surface area contributed by atoms with E-state index >= 15 is 0 Å². The van der Waals surface area contributed by atoms with Crippen LogP contribution in [-0.4, -0.2) is 22.2 Å². The van der Waals surface area contributed by atoms with Crippen molar-refractivity contribution < 1.29 is 5.11 Å². The number of aliphatic hydroxyl groups is 1. The van der Waals surface area contributed by atoms with Crippen LogP contribution in [-0.2, 0) is 12.0 Å². The van der Waals surface area contributed by atoms with Crippen molar-refractivity contribution in [2.45, 2.75) is 52.2 Å². The summed E-state index contributed by atoms with van der Waals surface area (Å²) in [5.74, 6) is 0. The summed E-state index contributed by atoms with van der Waals surface area (Å²) in [7, 11) is 0. The summed E-state index contributed by atoms with van der Waals surface area (Å²) in [5.41, 5.74) is -0.531. The zero-order valence-corrected chi connectivity index (χ0v) is 11.6. The summed E-state index contributed by atoms with van der Waals surface area (Å²) < 4.78 is 0. The number of hydrogen-bond donors (Lipinski definition) is 2. The quantitative estimate of drug-likeness (QED) is 0.851. The molecule has 0 aliphatic heterocycles. The van der Waals surface area contributed by atoms with Crippen molar-refractivity contribution in [2.75, 3.05) is 6.54 Å². The van der Waals surface area contributed by atoms with E-state index in [9.17, 15) is 5.11 Å². The first-order valence-electron chi connectivity index (χ1n) is 5.57. The summed E-state index contributed by atoms with van der Waals surface area (Å²) in [5, 5.41) is 13.9. The maximum atomic E-state index is 9.56. The summed E-state index contributed by atoms with van der Waals surface area (Å²) in [6.45, 7) is 11.5. The van der Waals surface area contributed by atoms with Crippen molar-refractivity contribution in [3.63, 3.8) is 0 Å². The normalized spacial score (nSPS) is 13.1. The first-order valence-corrected chi connectivity index (χ1v) is 6.38. The van der Waals surface area contributed by atoms with E-state index in [0.717, 1.165) is 11.6 Å². The van der Waals surface area contributed by atoms with Gasteiger partial charge in [0.1, 0.15) is 0 Å². The second kappa shape index (κ2) is 4.82. The molecular formula is C12H22N2OS. The van der Waals surface area contributed by atoms with Crippen molar-refractivity contribution in [3.05, 3.63) is 16.1 Å². The SMILES string of the molecule is CC(C)(O)CNCc1cnc(C(C)(C)C)s1. The van der Waals surface area contributed by atoms with Gasteiger partial charge in [0.25, 0.3) is 0 Å². The molecule has 0 amide bonds. The number of thiazole rings is 1. The Balaban J connectivity index is 2.48. The minimum atomic E-state index is -0.655. The molecule has 0 radical (unpaired) electrons. The van der Waals surface area contributed by atoms with Crippen LogP contribution in [0.5, 0.6) is 0 Å².